The molecular weight excluding hydrogens is 1470 g/mol. The Morgan fingerprint density at radius 1 is 0.292 bits per heavy atom. The van der Waals surface area contributed by atoms with E-state index < -0.39 is 0 Å². The van der Waals surface area contributed by atoms with Gasteiger partial charge in [0.2, 0.25) is 11.7 Å². The van der Waals surface area contributed by atoms with Gasteiger partial charge >= 0.3 is 0 Å². The fourth-order valence-corrected chi connectivity index (χ4v) is 8.46. The lowest BCUT2D eigenvalue weighted by molar-refractivity contribution is 0.365. The van der Waals surface area contributed by atoms with E-state index in [0.717, 1.165) is 62.8 Å². The number of para-hydroxylation sites is 1. The summed E-state index contributed by atoms with van der Waals surface area (Å²) in [5, 5.41) is 26.6. The average molecular weight is 1640 g/mol. The smallest absolute Gasteiger partial charge is 0.229 e. The molecule has 14 aromatic rings. The van der Waals surface area contributed by atoms with Gasteiger partial charge in [-0.15, -0.1) is 5.10 Å². The van der Waals surface area contributed by atoms with E-state index in [-0.39, 0.29) is 5.92 Å². The molecule has 120 heavy (non-hydrogen) atoms. The van der Waals surface area contributed by atoms with Crippen LogP contribution in [0.15, 0.2) is 317 Å². The van der Waals surface area contributed by atoms with Gasteiger partial charge in [-0.1, -0.05) is 507 Å². The van der Waals surface area contributed by atoms with E-state index in [1.54, 1.807) is 17.1 Å². The minimum absolute atomic E-state index is 0.278. The zero-order chi connectivity index (χ0) is 92.3. The molecule has 0 bridgehead atoms. The van der Waals surface area contributed by atoms with Crippen molar-refractivity contribution >= 4 is 10.8 Å². The molecule has 0 radical (unpaired) electrons. The van der Waals surface area contributed by atoms with Crippen LogP contribution in [0.1, 0.15) is 307 Å². The van der Waals surface area contributed by atoms with Crippen molar-refractivity contribution in [2.45, 2.75) is 279 Å². The van der Waals surface area contributed by atoms with E-state index in [9.17, 15) is 0 Å². The highest BCUT2D eigenvalue weighted by Crippen LogP contribution is 2.25. The maximum absolute atomic E-state index is 5.23. The summed E-state index contributed by atoms with van der Waals surface area (Å²) in [6.07, 6.45) is 7.37. The topological polar surface area (TPSA) is 140 Å². The van der Waals surface area contributed by atoms with E-state index in [1.165, 1.54) is 21.9 Å². The van der Waals surface area contributed by atoms with Crippen LogP contribution in [-0.2, 0) is 0 Å². The predicted molar refractivity (Wildman–Crippen MR) is 530 cm³/mol. The largest absolute Gasteiger partial charge is 0.361 e. The van der Waals surface area contributed by atoms with E-state index >= 15 is 0 Å². The van der Waals surface area contributed by atoms with Crippen LogP contribution < -0.4 is 0 Å². The van der Waals surface area contributed by atoms with Crippen molar-refractivity contribution in [3.63, 3.8) is 0 Å². The van der Waals surface area contributed by atoms with Crippen molar-refractivity contribution in [1.29, 1.82) is 0 Å². The first-order valence-corrected chi connectivity index (χ1v) is 44.7. The van der Waals surface area contributed by atoms with Gasteiger partial charge in [0, 0.05) is 53.1 Å². The van der Waals surface area contributed by atoms with Crippen LogP contribution in [0.4, 0.5) is 0 Å². The Balaban J connectivity index is -0.000000299. The molecule has 660 valence electrons. The minimum Gasteiger partial charge on any atom is -0.361 e. The zero-order valence-electron chi connectivity index (χ0n) is 81.7. The Morgan fingerprint density at radius 3 is 0.967 bits per heavy atom. The third-order valence-corrected chi connectivity index (χ3v) is 13.9. The van der Waals surface area contributed by atoms with Gasteiger partial charge in [0.1, 0.15) is 11.5 Å². The molecule has 5 aromatic heterocycles. The molecule has 0 saturated heterocycles. The van der Waals surface area contributed by atoms with Crippen LogP contribution in [0.3, 0.4) is 0 Å². The molecule has 0 N–H and O–H groups in total. The van der Waals surface area contributed by atoms with Crippen molar-refractivity contribution in [3.8, 4) is 45.3 Å². The number of aromatic nitrogens is 9. The first-order valence-electron chi connectivity index (χ1n) is 44.7. The van der Waals surface area contributed by atoms with Gasteiger partial charge in [0.15, 0.2) is 5.76 Å². The van der Waals surface area contributed by atoms with E-state index in [4.69, 9.17) is 13.6 Å². The molecule has 0 unspecified atom stereocenters. The summed E-state index contributed by atoms with van der Waals surface area (Å²) >= 11 is 0. The molecule has 0 fully saturated rings. The molecule has 5 heterocycles. The molecule has 0 atom stereocenters. The number of hydrogen-bond donors (Lipinski definition) is 0. The van der Waals surface area contributed by atoms with Gasteiger partial charge in [-0.05, 0) is 81.8 Å². The third-order valence-electron chi connectivity index (χ3n) is 13.9. The average Bonchev–Trinajstić information content (AvgIpc) is 1.61. The van der Waals surface area contributed by atoms with Gasteiger partial charge in [0.05, 0.1) is 29.5 Å². The van der Waals surface area contributed by atoms with Crippen LogP contribution in [0.25, 0.3) is 56.1 Å². The fourth-order valence-electron chi connectivity index (χ4n) is 8.46. The van der Waals surface area contributed by atoms with Crippen molar-refractivity contribution in [2.24, 2.45) is 11.8 Å². The molecule has 0 spiro atoms. The van der Waals surface area contributed by atoms with E-state index in [2.05, 4.69) is 230 Å². The molecule has 0 aliphatic heterocycles. The molecule has 14 rings (SSSR count). The normalized spacial score (nSPS) is 9.03. The van der Waals surface area contributed by atoms with Crippen molar-refractivity contribution in [2.75, 3.05) is 0 Å². The van der Waals surface area contributed by atoms with E-state index in [0.29, 0.717) is 35.4 Å². The summed E-state index contributed by atoms with van der Waals surface area (Å²) < 4.78 is 19.1. The lowest BCUT2D eigenvalue weighted by Gasteiger charge is -2.06. The third kappa shape index (κ3) is 58.1. The van der Waals surface area contributed by atoms with Gasteiger partial charge in [-0.2, -0.15) is 10.1 Å². The Morgan fingerprint density at radius 2 is 0.650 bits per heavy atom. The van der Waals surface area contributed by atoms with Crippen LogP contribution in [-0.4, -0.2) is 45.2 Å². The second-order valence-corrected chi connectivity index (χ2v) is 26.2. The second kappa shape index (κ2) is 84.6. The monoisotopic (exact) mass is 1640 g/mol. The van der Waals surface area contributed by atoms with Gasteiger partial charge in [-0.25, -0.2) is 9.36 Å². The minimum atomic E-state index is 0.278. The Labute approximate surface area is 733 Å². The molecule has 12 heteroatoms. The first kappa shape index (κ1) is 120. The van der Waals surface area contributed by atoms with E-state index in [1.807, 2.05) is 351 Å². The number of nitrogens with zero attached hydrogens (tertiary/aromatic N) is 9. The fraction of sp³-hybridized carbons (Fsp3) is 0.398. The van der Waals surface area contributed by atoms with Gasteiger partial charge in [-0.3, -0.25) is 0 Å². The number of hydrogen-bond acceptors (Lipinski definition) is 10. The van der Waals surface area contributed by atoms with Crippen molar-refractivity contribution < 1.29 is 13.6 Å². The quantitative estimate of drug-likeness (QED) is 0.130. The molecule has 0 aliphatic rings. The summed E-state index contributed by atoms with van der Waals surface area (Å²) in [7, 11) is 0. The molecular formula is C108H165N9O3. The summed E-state index contributed by atoms with van der Waals surface area (Å²) in [4.78, 5) is 4.30. The standard InChI is InChI=1S/C12H14N2.2C12H13NO.C11H13N3.C11H12N2O.C10H8.2C6H6.2C4H10.10C2H6/c1-10(2)11-4-6-12(7-5-11)14-9-3-8-13-14;1-9(2)10-3-5-11(6-4-10)12-7-8-13-14-12;1-9(2)12-8-11(13-14-12)10-6-4-3-5-7-10;1-9(2)11-8-14(13-12-11)10-6-4-3-5-7-10;1-8(2)11-12-10(13-14-11)9-6-4-3-5-7-9;1-2-6-10-8-4-3-7-9(10)5-1;2*1-2-4-6-5-3-1;2*1-4(2)3;10*1-2/h3-10H,1-2H3;3*3-9H,1-2H3;3-8H,1-2H3;1-8H;2*1-6H;2*4H,1-3H3;10*1-2H3. The maximum atomic E-state index is 5.23. The number of fused-ring (bicyclic) bond motifs is 1. The van der Waals surface area contributed by atoms with Crippen LogP contribution in [0.2, 0.25) is 0 Å². The molecule has 12 nitrogen and oxygen atoms in total. The van der Waals surface area contributed by atoms with Crippen molar-refractivity contribution in [3.05, 3.63) is 332 Å². The molecule has 0 aliphatic carbocycles. The highest BCUT2D eigenvalue weighted by molar-refractivity contribution is 5.82. The summed E-state index contributed by atoms with van der Waals surface area (Å²) in [6, 6.07) is 93.3. The number of rotatable bonds is 10. The van der Waals surface area contributed by atoms with Crippen LogP contribution in [0.5, 0.6) is 0 Å². The Hall–Kier alpha value is -10.9. The summed E-state index contributed by atoms with van der Waals surface area (Å²) in [5.74, 6) is 7.01. The lowest BCUT2D eigenvalue weighted by Crippen LogP contribution is -1.94. The summed E-state index contributed by atoms with van der Waals surface area (Å²) in [6.45, 7) is 74.2. The predicted octanol–water partition coefficient (Wildman–Crippen LogP) is 35.0. The molecule has 0 saturated carbocycles. The SMILES string of the molecule is CC.CC.CC.CC.CC.CC.CC.CC.CC.CC.CC(C)C.CC(C)C.CC(C)c1cc(-c2ccccc2)no1.CC(C)c1ccc(-c2ccno2)cc1.CC(C)c1ccc(-n2cccn2)cc1.CC(C)c1cn(-c2ccccc2)nn1.CC(C)c1nc(-c2ccccc2)no1.c1ccc2ccccc2c1.c1ccccc1.c1ccccc1. The first-order chi connectivity index (χ1) is 58.3. The van der Waals surface area contributed by atoms with Gasteiger partial charge in [0.25, 0.3) is 0 Å². The number of benzene rings is 9. The highest BCUT2D eigenvalue weighted by Gasteiger charge is 2.12. The van der Waals surface area contributed by atoms with Crippen LogP contribution >= 0.6 is 0 Å². The van der Waals surface area contributed by atoms with Crippen LogP contribution in [0, 0.1) is 11.8 Å². The zero-order valence-corrected chi connectivity index (χ0v) is 81.7. The Kier molecular flexibility index (Phi) is 84.6. The second-order valence-electron chi connectivity index (χ2n) is 26.2. The maximum Gasteiger partial charge on any atom is 0.229 e. The highest BCUT2D eigenvalue weighted by atomic mass is 16.5. The lowest BCUT2D eigenvalue weighted by atomic mass is 10.0. The summed E-state index contributed by atoms with van der Waals surface area (Å²) in [5.41, 5.74) is 9.96. The Bertz CT molecular complexity index is 3790. The molecule has 0 amide bonds. The van der Waals surface area contributed by atoms with Crippen molar-refractivity contribution in [1.82, 2.24) is 45.2 Å². The molecule has 9 aromatic carbocycles. The van der Waals surface area contributed by atoms with Gasteiger partial charge < -0.3 is 13.6 Å².